The second kappa shape index (κ2) is 4.58. The van der Waals surface area contributed by atoms with Gasteiger partial charge in [0.15, 0.2) is 12.0 Å². The molecule has 0 bridgehead atoms. The van der Waals surface area contributed by atoms with E-state index in [1.807, 2.05) is 0 Å². The smallest absolute Gasteiger partial charge is 0.273 e. The molecule has 0 aliphatic rings. The molecule has 0 saturated carbocycles. The molecule has 1 aromatic carbocycles. The third-order valence-corrected chi connectivity index (χ3v) is 2.53. The maximum atomic E-state index is 13.7. The standard InChI is InChI=1S/C11H5ClFNO4/c12-8-3-6(14(16)17)4-9(13)11(8)10-2-1-7(5-15)18-10/h1-5H. The highest BCUT2D eigenvalue weighted by atomic mass is 35.5. The second-order valence-corrected chi connectivity index (χ2v) is 3.77. The summed E-state index contributed by atoms with van der Waals surface area (Å²) in [6.07, 6.45) is 0.459. The van der Waals surface area contributed by atoms with Crippen molar-refractivity contribution in [3.8, 4) is 11.3 Å². The molecule has 2 aromatic rings. The van der Waals surface area contributed by atoms with Crippen LogP contribution in [0, 0.1) is 15.9 Å². The Hall–Kier alpha value is -2.21. The number of hydrogen-bond acceptors (Lipinski definition) is 4. The van der Waals surface area contributed by atoms with E-state index in [0.717, 1.165) is 12.1 Å². The maximum absolute atomic E-state index is 13.7. The lowest BCUT2D eigenvalue weighted by Gasteiger charge is -2.02. The van der Waals surface area contributed by atoms with Crippen molar-refractivity contribution < 1.29 is 18.5 Å². The Morgan fingerprint density at radius 3 is 2.61 bits per heavy atom. The van der Waals surface area contributed by atoms with Crippen molar-refractivity contribution in [3.63, 3.8) is 0 Å². The van der Waals surface area contributed by atoms with Crippen molar-refractivity contribution in [1.29, 1.82) is 0 Å². The first-order valence-electron chi connectivity index (χ1n) is 4.71. The molecule has 1 aromatic heterocycles. The van der Waals surface area contributed by atoms with E-state index < -0.39 is 16.4 Å². The molecule has 0 atom stereocenters. The first-order chi connectivity index (χ1) is 8.52. The van der Waals surface area contributed by atoms with Gasteiger partial charge in [-0.25, -0.2) is 4.39 Å². The van der Waals surface area contributed by atoms with Crippen LogP contribution in [0.15, 0.2) is 28.7 Å². The minimum absolute atomic E-state index is 0.0128. The number of nitro groups is 1. The number of non-ortho nitro benzene ring substituents is 1. The molecule has 7 heteroatoms. The van der Waals surface area contributed by atoms with Crippen LogP contribution < -0.4 is 0 Å². The Bertz CT molecular complexity index is 615. The van der Waals surface area contributed by atoms with Gasteiger partial charge in [0.25, 0.3) is 5.69 Å². The first-order valence-corrected chi connectivity index (χ1v) is 5.09. The van der Waals surface area contributed by atoms with Crippen LogP contribution >= 0.6 is 11.6 Å². The number of rotatable bonds is 3. The summed E-state index contributed by atoms with van der Waals surface area (Å²) in [7, 11) is 0. The van der Waals surface area contributed by atoms with E-state index >= 15 is 0 Å². The van der Waals surface area contributed by atoms with E-state index in [0.29, 0.717) is 6.29 Å². The van der Waals surface area contributed by atoms with Crippen LogP contribution in [0.4, 0.5) is 10.1 Å². The lowest BCUT2D eigenvalue weighted by Crippen LogP contribution is -1.92. The van der Waals surface area contributed by atoms with Gasteiger partial charge in [0.2, 0.25) is 0 Å². The summed E-state index contributed by atoms with van der Waals surface area (Å²) in [4.78, 5) is 20.2. The number of halogens is 2. The Kier molecular flexibility index (Phi) is 3.12. The highest BCUT2D eigenvalue weighted by molar-refractivity contribution is 6.33. The van der Waals surface area contributed by atoms with Crippen LogP contribution in [0.1, 0.15) is 10.6 Å². The van der Waals surface area contributed by atoms with Gasteiger partial charge < -0.3 is 4.42 Å². The van der Waals surface area contributed by atoms with Gasteiger partial charge in [-0.05, 0) is 12.1 Å². The molecule has 0 amide bonds. The van der Waals surface area contributed by atoms with Crippen LogP contribution in [-0.4, -0.2) is 11.2 Å². The Labute approximate surface area is 105 Å². The highest BCUT2D eigenvalue weighted by Gasteiger charge is 2.19. The van der Waals surface area contributed by atoms with Crippen molar-refractivity contribution in [2.45, 2.75) is 0 Å². The Balaban J connectivity index is 2.57. The van der Waals surface area contributed by atoms with Gasteiger partial charge in [0.1, 0.15) is 11.6 Å². The lowest BCUT2D eigenvalue weighted by atomic mass is 10.1. The normalized spacial score (nSPS) is 10.3. The van der Waals surface area contributed by atoms with Crippen LogP contribution in [0.25, 0.3) is 11.3 Å². The molecule has 0 N–H and O–H groups in total. The predicted octanol–water partition coefficient (Wildman–Crippen LogP) is 3.46. The molecule has 0 aliphatic carbocycles. The van der Waals surface area contributed by atoms with Crippen LogP contribution in [0.2, 0.25) is 5.02 Å². The molecule has 0 spiro atoms. The van der Waals surface area contributed by atoms with Gasteiger partial charge in [0.05, 0.1) is 21.6 Å². The van der Waals surface area contributed by atoms with Gasteiger partial charge in [-0.15, -0.1) is 0 Å². The van der Waals surface area contributed by atoms with Gasteiger partial charge in [-0.1, -0.05) is 11.6 Å². The van der Waals surface area contributed by atoms with E-state index in [2.05, 4.69) is 0 Å². The van der Waals surface area contributed by atoms with Crippen molar-refractivity contribution >= 4 is 23.6 Å². The fraction of sp³-hybridized carbons (Fsp3) is 0. The number of nitrogens with zero attached hydrogens (tertiary/aromatic N) is 1. The number of hydrogen-bond donors (Lipinski definition) is 0. The molecule has 2 rings (SSSR count). The minimum Gasteiger partial charge on any atom is -0.453 e. The van der Waals surface area contributed by atoms with Gasteiger partial charge in [0, 0.05) is 6.07 Å². The van der Waals surface area contributed by atoms with Crippen LogP contribution in [0.3, 0.4) is 0 Å². The SMILES string of the molecule is O=Cc1ccc(-c2c(F)cc([N+](=O)[O-])cc2Cl)o1. The number of benzene rings is 1. The zero-order valence-electron chi connectivity index (χ0n) is 8.72. The third kappa shape index (κ3) is 2.10. The third-order valence-electron chi connectivity index (χ3n) is 2.23. The molecule has 5 nitrogen and oxygen atoms in total. The predicted molar refractivity (Wildman–Crippen MR) is 61.2 cm³/mol. The molecule has 0 aliphatic heterocycles. The van der Waals surface area contributed by atoms with E-state index in [4.69, 9.17) is 16.0 Å². The average Bonchev–Trinajstić information content (AvgIpc) is 2.76. The summed E-state index contributed by atoms with van der Waals surface area (Å²) in [6, 6.07) is 4.47. The van der Waals surface area contributed by atoms with Crippen molar-refractivity contribution in [2.75, 3.05) is 0 Å². The molecular weight excluding hydrogens is 265 g/mol. The maximum Gasteiger partial charge on any atom is 0.273 e. The monoisotopic (exact) mass is 269 g/mol. The van der Waals surface area contributed by atoms with Crippen molar-refractivity contribution in [3.05, 3.63) is 51.0 Å². The first kappa shape index (κ1) is 12.3. The van der Waals surface area contributed by atoms with E-state index in [-0.39, 0.29) is 22.1 Å². The second-order valence-electron chi connectivity index (χ2n) is 3.36. The summed E-state index contributed by atoms with van der Waals surface area (Å²) in [5.74, 6) is -0.839. The summed E-state index contributed by atoms with van der Waals surface area (Å²) in [6.45, 7) is 0. The van der Waals surface area contributed by atoms with Crippen molar-refractivity contribution in [1.82, 2.24) is 0 Å². The number of aldehydes is 1. The van der Waals surface area contributed by atoms with Gasteiger partial charge >= 0.3 is 0 Å². The molecule has 0 saturated heterocycles. The van der Waals surface area contributed by atoms with Crippen LogP contribution in [-0.2, 0) is 0 Å². The van der Waals surface area contributed by atoms with E-state index in [9.17, 15) is 19.3 Å². The van der Waals surface area contributed by atoms with Crippen molar-refractivity contribution in [2.24, 2.45) is 0 Å². The summed E-state index contributed by atoms with van der Waals surface area (Å²) in [5, 5.41) is 10.4. The Morgan fingerprint density at radius 1 is 1.39 bits per heavy atom. The Morgan fingerprint density at radius 2 is 2.11 bits per heavy atom. The molecule has 1 heterocycles. The number of furan rings is 1. The summed E-state index contributed by atoms with van der Waals surface area (Å²) < 4.78 is 18.8. The number of carbonyl (C=O) groups is 1. The summed E-state index contributed by atoms with van der Waals surface area (Å²) in [5.41, 5.74) is -0.571. The number of carbonyl (C=O) groups excluding carboxylic acids is 1. The highest BCUT2D eigenvalue weighted by Crippen LogP contribution is 2.34. The number of nitro benzene ring substituents is 1. The topological polar surface area (TPSA) is 73.3 Å². The molecule has 0 radical (unpaired) electrons. The summed E-state index contributed by atoms with van der Waals surface area (Å²) >= 11 is 5.77. The van der Waals surface area contributed by atoms with E-state index in [1.54, 1.807) is 0 Å². The average molecular weight is 270 g/mol. The quantitative estimate of drug-likeness (QED) is 0.486. The largest absolute Gasteiger partial charge is 0.453 e. The van der Waals surface area contributed by atoms with E-state index in [1.165, 1.54) is 12.1 Å². The molecule has 92 valence electrons. The fourth-order valence-corrected chi connectivity index (χ4v) is 1.75. The fourth-order valence-electron chi connectivity index (χ4n) is 1.45. The van der Waals surface area contributed by atoms with Crippen LogP contribution in [0.5, 0.6) is 0 Å². The molecule has 18 heavy (non-hydrogen) atoms. The lowest BCUT2D eigenvalue weighted by molar-refractivity contribution is -0.385. The zero-order chi connectivity index (χ0) is 13.3. The minimum atomic E-state index is -0.888. The van der Waals surface area contributed by atoms with Gasteiger partial charge in [-0.3, -0.25) is 14.9 Å². The molecular formula is C11H5ClFNO4. The van der Waals surface area contributed by atoms with Gasteiger partial charge in [-0.2, -0.15) is 0 Å². The zero-order valence-corrected chi connectivity index (χ0v) is 9.48. The molecule has 0 unspecified atom stereocenters. The molecule has 0 fully saturated rings.